The summed E-state index contributed by atoms with van der Waals surface area (Å²) < 4.78 is 11.4. The predicted octanol–water partition coefficient (Wildman–Crippen LogP) is 3.97. The number of fused-ring (bicyclic) bond motifs is 1. The van der Waals surface area contributed by atoms with Gasteiger partial charge in [0.25, 0.3) is 5.91 Å². The first-order valence-electron chi connectivity index (χ1n) is 10.2. The van der Waals surface area contributed by atoms with Gasteiger partial charge in [0.05, 0.1) is 6.10 Å². The molecular weight excluding hydrogens is 340 g/mol. The molecule has 3 aliphatic rings. The molecule has 5 heteroatoms. The molecule has 1 aromatic carbocycles. The van der Waals surface area contributed by atoms with Gasteiger partial charge in [0.1, 0.15) is 17.0 Å². The van der Waals surface area contributed by atoms with Crippen LogP contribution in [0.25, 0.3) is 11.3 Å². The third-order valence-electron chi connectivity index (χ3n) is 6.82. The maximum atomic E-state index is 13.2. The van der Waals surface area contributed by atoms with Crippen molar-refractivity contribution in [1.29, 1.82) is 0 Å². The average Bonchev–Trinajstić information content (AvgIpc) is 3.41. The summed E-state index contributed by atoms with van der Waals surface area (Å²) in [5.41, 5.74) is 2.10. The van der Waals surface area contributed by atoms with E-state index in [0.717, 1.165) is 18.6 Å². The minimum absolute atomic E-state index is 0.0639. The van der Waals surface area contributed by atoms with Gasteiger partial charge in [0, 0.05) is 30.0 Å². The second-order valence-electron chi connectivity index (χ2n) is 8.24. The molecule has 1 saturated heterocycles. The normalized spacial score (nSPS) is 30.1. The van der Waals surface area contributed by atoms with Crippen molar-refractivity contribution in [3.63, 3.8) is 0 Å². The topological polar surface area (TPSA) is 64.4 Å². The largest absolute Gasteiger partial charge is 0.377 e. The number of rotatable bonds is 4. The summed E-state index contributed by atoms with van der Waals surface area (Å²) in [6.45, 7) is 2.64. The van der Waals surface area contributed by atoms with Crippen molar-refractivity contribution < 1.29 is 14.1 Å². The van der Waals surface area contributed by atoms with E-state index in [1.165, 1.54) is 25.7 Å². The van der Waals surface area contributed by atoms with Crippen LogP contribution in [-0.2, 0) is 4.74 Å². The Morgan fingerprint density at radius 1 is 1.15 bits per heavy atom. The molecule has 1 aliphatic heterocycles. The van der Waals surface area contributed by atoms with Gasteiger partial charge in [-0.2, -0.15) is 0 Å². The minimum atomic E-state index is -0.0639. The third kappa shape index (κ3) is 2.80. The van der Waals surface area contributed by atoms with Crippen molar-refractivity contribution in [3.8, 4) is 11.3 Å². The van der Waals surface area contributed by atoms with E-state index >= 15 is 0 Å². The molecule has 3 fully saturated rings. The number of nitrogens with zero attached hydrogens (tertiary/aromatic N) is 1. The highest BCUT2D eigenvalue weighted by molar-refractivity contribution is 6.01. The Hall–Kier alpha value is -2.14. The first-order chi connectivity index (χ1) is 13.2. The third-order valence-corrected chi connectivity index (χ3v) is 6.82. The molecule has 5 nitrogen and oxygen atoms in total. The predicted molar refractivity (Wildman–Crippen MR) is 101 cm³/mol. The number of benzene rings is 1. The number of carbonyl (C=O) groups is 1. The molecule has 0 bridgehead atoms. The Labute approximate surface area is 159 Å². The number of carbonyl (C=O) groups excluding carboxylic acids is 1. The van der Waals surface area contributed by atoms with E-state index < -0.39 is 0 Å². The summed E-state index contributed by atoms with van der Waals surface area (Å²) in [4.78, 5) is 13.2. The minimum Gasteiger partial charge on any atom is -0.377 e. The Morgan fingerprint density at radius 2 is 1.93 bits per heavy atom. The fourth-order valence-corrected chi connectivity index (χ4v) is 5.52. The maximum Gasteiger partial charge on any atom is 0.257 e. The van der Waals surface area contributed by atoms with E-state index in [1.54, 1.807) is 0 Å². The number of amides is 1. The lowest BCUT2D eigenvalue weighted by atomic mass is 9.61. The molecule has 1 aromatic heterocycles. The first-order valence-corrected chi connectivity index (χ1v) is 10.2. The highest BCUT2D eigenvalue weighted by atomic mass is 16.5. The quantitative estimate of drug-likeness (QED) is 0.889. The molecule has 2 aliphatic carbocycles. The van der Waals surface area contributed by atoms with Crippen LogP contribution in [0, 0.1) is 24.7 Å². The van der Waals surface area contributed by atoms with Crippen LogP contribution in [0.3, 0.4) is 0 Å². The lowest BCUT2D eigenvalue weighted by molar-refractivity contribution is -0.0784. The fourth-order valence-electron chi connectivity index (χ4n) is 5.52. The molecule has 0 radical (unpaired) electrons. The molecular formula is C22H26N2O3. The maximum absolute atomic E-state index is 13.2. The highest BCUT2D eigenvalue weighted by Gasteiger charge is 2.57. The van der Waals surface area contributed by atoms with Gasteiger partial charge >= 0.3 is 0 Å². The number of nitrogens with one attached hydrogen (secondary N) is 1. The number of hydrogen-bond donors (Lipinski definition) is 1. The first kappa shape index (κ1) is 17.0. The highest BCUT2D eigenvalue weighted by Crippen LogP contribution is 2.51. The van der Waals surface area contributed by atoms with E-state index in [2.05, 4.69) is 10.5 Å². The van der Waals surface area contributed by atoms with Gasteiger partial charge < -0.3 is 14.6 Å². The summed E-state index contributed by atoms with van der Waals surface area (Å²) in [5, 5.41) is 7.51. The van der Waals surface area contributed by atoms with Crippen molar-refractivity contribution >= 4 is 5.91 Å². The van der Waals surface area contributed by atoms with Gasteiger partial charge in [-0.15, -0.1) is 0 Å². The Bertz CT molecular complexity index is 821. The van der Waals surface area contributed by atoms with E-state index in [4.69, 9.17) is 9.26 Å². The average molecular weight is 366 g/mol. The Kier molecular flexibility index (Phi) is 4.27. The fraction of sp³-hybridized carbons (Fsp3) is 0.545. The summed E-state index contributed by atoms with van der Waals surface area (Å²) in [7, 11) is 0. The zero-order valence-electron chi connectivity index (χ0n) is 15.7. The van der Waals surface area contributed by atoms with Crippen molar-refractivity contribution in [2.24, 2.45) is 17.8 Å². The van der Waals surface area contributed by atoms with Gasteiger partial charge in [-0.05, 0) is 19.3 Å². The lowest BCUT2D eigenvalue weighted by Crippen LogP contribution is -2.63. The van der Waals surface area contributed by atoms with Crippen molar-refractivity contribution in [3.05, 3.63) is 41.7 Å². The molecule has 0 spiro atoms. The van der Waals surface area contributed by atoms with Gasteiger partial charge in [-0.3, -0.25) is 4.79 Å². The van der Waals surface area contributed by atoms with Crippen LogP contribution >= 0.6 is 0 Å². The van der Waals surface area contributed by atoms with E-state index in [1.807, 2.05) is 37.3 Å². The number of aromatic nitrogens is 1. The van der Waals surface area contributed by atoms with Crippen LogP contribution in [-0.4, -0.2) is 29.8 Å². The van der Waals surface area contributed by atoms with Gasteiger partial charge in [0.15, 0.2) is 0 Å². The van der Waals surface area contributed by atoms with Crippen LogP contribution in [0.15, 0.2) is 34.9 Å². The van der Waals surface area contributed by atoms with E-state index in [0.29, 0.717) is 40.9 Å². The van der Waals surface area contributed by atoms with Gasteiger partial charge in [-0.1, -0.05) is 61.2 Å². The monoisotopic (exact) mass is 366 g/mol. The molecule has 4 unspecified atom stereocenters. The van der Waals surface area contributed by atoms with E-state index in [9.17, 15) is 4.79 Å². The lowest BCUT2D eigenvalue weighted by Gasteiger charge is -2.50. The SMILES string of the molecule is Cc1onc(-c2ccccc2)c1C(=O)NC1C2CCOC2C1C1CCCC1. The summed E-state index contributed by atoms with van der Waals surface area (Å²) in [6, 6.07) is 9.98. The molecule has 2 saturated carbocycles. The zero-order valence-corrected chi connectivity index (χ0v) is 15.7. The Morgan fingerprint density at radius 3 is 2.70 bits per heavy atom. The molecule has 142 valence electrons. The number of aryl methyl sites for hydroxylation is 1. The second kappa shape index (κ2) is 6.79. The molecule has 2 heterocycles. The zero-order chi connectivity index (χ0) is 18.4. The van der Waals surface area contributed by atoms with Crippen LogP contribution in [0.1, 0.15) is 48.2 Å². The molecule has 4 atom stereocenters. The summed E-state index contributed by atoms with van der Waals surface area (Å²) in [6.07, 6.45) is 6.55. The van der Waals surface area contributed by atoms with Crippen molar-refractivity contribution in [2.45, 2.75) is 51.2 Å². The van der Waals surface area contributed by atoms with Crippen LogP contribution in [0.5, 0.6) is 0 Å². The molecule has 27 heavy (non-hydrogen) atoms. The van der Waals surface area contributed by atoms with Gasteiger partial charge in [-0.25, -0.2) is 0 Å². The van der Waals surface area contributed by atoms with Crippen LogP contribution < -0.4 is 5.32 Å². The number of hydrogen-bond acceptors (Lipinski definition) is 4. The van der Waals surface area contributed by atoms with Crippen molar-refractivity contribution in [1.82, 2.24) is 10.5 Å². The van der Waals surface area contributed by atoms with Crippen LogP contribution in [0.4, 0.5) is 0 Å². The molecule has 1 amide bonds. The molecule has 2 aromatic rings. The molecule has 5 rings (SSSR count). The second-order valence-corrected chi connectivity index (χ2v) is 8.24. The summed E-state index contributed by atoms with van der Waals surface area (Å²) in [5.74, 6) is 2.12. The van der Waals surface area contributed by atoms with Crippen LogP contribution in [0.2, 0.25) is 0 Å². The van der Waals surface area contributed by atoms with Crippen molar-refractivity contribution in [2.75, 3.05) is 6.61 Å². The number of ether oxygens (including phenoxy) is 1. The standard InChI is InChI=1S/C22H26N2O3/c1-13-17(19(24-27-13)15-9-3-2-4-10-15)22(25)23-20-16-11-12-26-21(16)18(20)14-7-5-6-8-14/h2-4,9-10,14,16,18,20-21H,5-8,11-12H2,1H3,(H,23,25). The van der Waals surface area contributed by atoms with E-state index in [-0.39, 0.29) is 11.9 Å². The smallest absolute Gasteiger partial charge is 0.257 e. The molecule has 1 N–H and O–H groups in total. The van der Waals surface area contributed by atoms with Gasteiger partial charge in [0.2, 0.25) is 0 Å². The Balaban J connectivity index is 1.40. The summed E-state index contributed by atoms with van der Waals surface area (Å²) >= 11 is 0.